The van der Waals surface area contributed by atoms with Gasteiger partial charge in [0, 0.05) is 6.04 Å². The third kappa shape index (κ3) is 4.68. The van der Waals surface area contributed by atoms with Crippen LogP contribution in [0.1, 0.15) is 42.3 Å². The second-order valence-corrected chi connectivity index (χ2v) is 5.49. The van der Waals surface area contributed by atoms with E-state index in [9.17, 15) is 9.59 Å². The number of hydrogen-bond donors (Lipinski definition) is 1. The second kappa shape index (κ2) is 7.08. The molecule has 0 aliphatic rings. The molecule has 0 aromatic heterocycles. The lowest BCUT2D eigenvalue weighted by atomic mass is 10.1. The van der Waals surface area contributed by atoms with Gasteiger partial charge in [0.15, 0.2) is 6.61 Å². The van der Waals surface area contributed by atoms with Gasteiger partial charge < -0.3 is 10.1 Å². The molecule has 20 heavy (non-hydrogen) atoms. The van der Waals surface area contributed by atoms with Gasteiger partial charge in [0.25, 0.3) is 5.91 Å². The van der Waals surface area contributed by atoms with Crippen LogP contribution in [0.15, 0.2) is 18.2 Å². The summed E-state index contributed by atoms with van der Waals surface area (Å²) in [5.74, 6) is -0.392. The van der Waals surface area contributed by atoms with Crippen LogP contribution < -0.4 is 5.32 Å². The van der Waals surface area contributed by atoms with Crippen molar-refractivity contribution in [3.8, 4) is 0 Å². The molecule has 110 valence electrons. The van der Waals surface area contributed by atoms with Gasteiger partial charge in [0.1, 0.15) is 0 Å². The van der Waals surface area contributed by atoms with Crippen LogP contribution in [0.3, 0.4) is 0 Å². The molecule has 1 N–H and O–H groups in total. The molecule has 0 saturated heterocycles. The predicted octanol–water partition coefficient (Wildman–Crippen LogP) is 2.62. The van der Waals surface area contributed by atoms with Gasteiger partial charge in [-0.25, -0.2) is 4.79 Å². The van der Waals surface area contributed by atoms with Gasteiger partial charge in [-0.15, -0.1) is 0 Å². The molecule has 0 spiro atoms. The smallest absolute Gasteiger partial charge is 0.338 e. The Labute approximate surface area is 120 Å². The fourth-order valence-corrected chi connectivity index (χ4v) is 1.63. The first-order valence-electron chi connectivity index (χ1n) is 6.85. The van der Waals surface area contributed by atoms with Crippen LogP contribution >= 0.6 is 0 Å². The zero-order chi connectivity index (χ0) is 15.3. The Bertz CT molecular complexity index is 494. The summed E-state index contributed by atoms with van der Waals surface area (Å²) in [5.41, 5.74) is 2.34. The van der Waals surface area contributed by atoms with E-state index in [1.54, 1.807) is 6.07 Å². The summed E-state index contributed by atoms with van der Waals surface area (Å²) in [6.45, 7) is 9.47. The lowest BCUT2D eigenvalue weighted by molar-refractivity contribution is -0.125. The number of rotatable bonds is 5. The van der Waals surface area contributed by atoms with E-state index in [2.05, 4.69) is 5.32 Å². The summed E-state index contributed by atoms with van der Waals surface area (Å²) in [5, 5.41) is 2.80. The molecular formula is C16H23NO3. The minimum absolute atomic E-state index is 0.0573. The van der Waals surface area contributed by atoms with Crippen LogP contribution in [-0.4, -0.2) is 24.5 Å². The van der Waals surface area contributed by atoms with Crippen molar-refractivity contribution in [1.29, 1.82) is 0 Å². The third-order valence-corrected chi connectivity index (χ3v) is 3.34. The number of benzene rings is 1. The number of ether oxygens (including phenoxy) is 1. The maximum atomic E-state index is 11.9. The van der Waals surface area contributed by atoms with Gasteiger partial charge in [0.2, 0.25) is 0 Å². The third-order valence-electron chi connectivity index (χ3n) is 3.34. The van der Waals surface area contributed by atoms with Crippen molar-refractivity contribution in [1.82, 2.24) is 5.32 Å². The van der Waals surface area contributed by atoms with E-state index < -0.39 is 5.97 Å². The number of aryl methyl sites for hydroxylation is 2. The van der Waals surface area contributed by atoms with E-state index in [1.165, 1.54) is 0 Å². The zero-order valence-corrected chi connectivity index (χ0v) is 12.8. The number of carbonyl (C=O) groups is 2. The molecule has 0 fully saturated rings. The van der Waals surface area contributed by atoms with Crippen molar-refractivity contribution in [3.63, 3.8) is 0 Å². The van der Waals surface area contributed by atoms with E-state index in [0.717, 1.165) is 11.1 Å². The number of nitrogens with one attached hydrogen (secondary N) is 1. The highest BCUT2D eigenvalue weighted by Crippen LogP contribution is 2.11. The fourth-order valence-electron chi connectivity index (χ4n) is 1.63. The van der Waals surface area contributed by atoms with E-state index in [1.807, 2.05) is 46.8 Å². The average molecular weight is 277 g/mol. The van der Waals surface area contributed by atoms with Crippen LogP contribution in [0.25, 0.3) is 0 Å². The fraction of sp³-hybridized carbons (Fsp3) is 0.500. The Morgan fingerprint density at radius 3 is 2.45 bits per heavy atom. The molecule has 0 saturated carbocycles. The van der Waals surface area contributed by atoms with E-state index in [4.69, 9.17) is 4.74 Å². The van der Waals surface area contributed by atoms with E-state index in [-0.39, 0.29) is 18.6 Å². The molecule has 0 bridgehead atoms. The molecule has 1 rings (SSSR count). The average Bonchev–Trinajstić information content (AvgIpc) is 2.38. The molecule has 4 nitrogen and oxygen atoms in total. The topological polar surface area (TPSA) is 55.4 Å². The van der Waals surface area contributed by atoms with E-state index >= 15 is 0 Å². The predicted molar refractivity (Wildman–Crippen MR) is 78.6 cm³/mol. The zero-order valence-electron chi connectivity index (χ0n) is 12.8. The molecule has 1 aromatic carbocycles. The van der Waals surface area contributed by atoms with Crippen molar-refractivity contribution in [3.05, 3.63) is 34.9 Å². The first-order chi connectivity index (χ1) is 9.31. The molecule has 0 aliphatic carbocycles. The summed E-state index contributed by atoms with van der Waals surface area (Å²) in [7, 11) is 0. The minimum Gasteiger partial charge on any atom is -0.452 e. The SMILES string of the molecule is Cc1ccc(C)c(C(=O)OCC(=O)N[C@H](C)C(C)C)c1. The number of esters is 1. The first kappa shape index (κ1) is 16.2. The lowest BCUT2D eigenvalue weighted by Gasteiger charge is -2.17. The highest BCUT2D eigenvalue weighted by molar-refractivity contribution is 5.92. The van der Waals surface area contributed by atoms with Gasteiger partial charge in [-0.3, -0.25) is 4.79 Å². The Morgan fingerprint density at radius 2 is 1.85 bits per heavy atom. The maximum absolute atomic E-state index is 11.9. The maximum Gasteiger partial charge on any atom is 0.338 e. The van der Waals surface area contributed by atoms with Gasteiger partial charge >= 0.3 is 5.97 Å². The van der Waals surface area contributed by atoms with Crippen molar-refractivity contribution in [2.24, 2.45) is 5.92 Å². The monoisotopic (exact) mass is 277 g/mol. The number of carbonyl (C=O) groups excluding carboxylic acids is 2. The molecular weight excluding hydrogens is 254 g/mol. The Hall–Kier alpha value is -1.84. The normalized spacial score (nSPS) is 12.1. The van der Waals surface area contributed by atoms with Crippen LogP contribution in [0.2, 0.25) is 0 Å². The minimum atomic E-state index is -0.460. The molecule has 0 unspecified atom stereocenters. The highest BCUT2D eigenvalue weighted by Gasteiger charge is 2.15. The van der Waals surface area contributed by atoms with Gasteiger partial charge in [-0.1, -0.05) is 31.5 Å². The van der Waals surface area contributed by atoms with Crippen LogP contribution in [0.4, 0.5) is 0 Å². The summed E-state index contributed by atoms with van der Waals surface area (Å²) in [4.78, 5) is 23.6. The van der Waals surface area contributed by atoms with Crippen molar-refractivity contribution in [2.45, 2.75) is 40.7 Å². The van der Waals surface area contributed by atoms with Gasteiger partial charge in [-0.05, 0) is 38.3 Å². The van der Waals surface area contributed by atoms with E-state index in [0.29, 0.717) is 11.5 Å². The molecule has 0 aliphatic heterocycles. The second-order valence-electron chi connectivity index (χ2n) is 5.49. The molecule has 1 amide bonds. The summed E-state index contributed by atoms with van der Waals surface area (Å²) >= 11 is 0. The van der Waals surface area contributed by atoms with Crippen molar-refractivity contribution < 1.29 is 14.3 Å². The number of hydrogen-bond acceptors (Lipinski definition) is 3. The van der Waals surface area contributed by atoms with Gasteiger partial charge in [0.05, 0.1) is 5.56 Å². The van der Waals surface area contributed by atoms with Crippen LogP contribution in [0.5, 0.6) is 0 Å². The summed E-state index contributed by atoms with van der Waals surface area (Å²) in [6, 6.07) is 5.63. The Morgan fingerprint density at radius 1 is 1.20 bits per heavy atom. The van der Waals surface area contributed by atoms with Crippen LogP contribution in [0, 0.1) is 19.8 Å². The van der Waals surface area contributed by atoms with Crippen LogP contribution in [-0.2, 0) is 9.53 Å². The standard InChI is InChI=1S/C16H23NO3/c1-10(2)13(5)17-15(18)9-20-16(19)14-8-11(3)6-7-12(14)4/h6-8,10,13H,9H2,1-5H3,(H,17,18)/t13-/m1/s1. The summed E-state index contributed by atoms with van der Waals surface area (Å²) in [6.07, 6.45) is 0. The van der Waals surface area contributed by atoms with Crippen molar-refractivity contribution in [2.75, 3.05) is 6.61 Å². The molecule has 4 heteroatoms. The molecule has 0 radical (unpaired) electrons. The Balaban J connectivity index is 2.55. The molecule has 1 atom stereocenters. The number of amides is 1. The lowest BCUT2D eigenvalue weighted by Crippen LogP contribution is -2.38. The Kier molecular flexibility index (Phi) is 5.74. The van der Waals surface area contributed by atoms with Gasteiger partial charge in [-0.2, -0.15) is 0 Å². The molecule has 0 heterocycles. The quantitative estimate of drug-likeness (QED) is 0.842. The highest BCUT2D eigenvalue weighted by atomic mass is 16.5. The van der Waals surface area contributed by atoms with Crippen molar-refractivity contribution >= 4 is 11.9 Å². The first-order valence-corrected chi connectivity index (χ1v) is 6.85. The largest absolute Gasteiger partial charge is 0.452 e. The molecule has 1 aromatic rings. The summed E-state index contributed by atoms with van der Waals surface area (Å²) < 4.78 is 5.06.